The highest BCUT2D eigenvalue weighted by Crippen LogP contribution is 2.52. The van der Waals surface area contributed by atoms with E-state index in [-0.39, 0.29) is 5.41 Å². The monoisotopic (exact) mass is 202 g/mol. The van der Waals surface area contributed by atoms with E-state index in [0.717, 1.165) is 24.0 Å². The van der Waals surface area contributed by atoms with Crippen LogP contribution in [0, 0.1) is 12.3 Å². The molecule has 0 saturated heterocycles. The van der Waals surface area contributed by atoms with Crippen LogP contribution in [0.1, 0.15) is 24.0 Å². The van der Waals surface area contributed by atoms with Gasteiger partial charge in [0.1, 0.15) is 0 Å². The summed E-state index contributed by atoms with van der Waals surface area (Å²) in [6.07, 6.45) is 6.55. The highest BCUT2D eigenvalue weighted by atomic mass is 16.6. The molecular weight excluding hydrogens is 188 g/mol. The highest BCUT2D eigenvalue weighted by molar-refractivity contribution is 5.47. The number of ether oxygens (including phenoxy) is 1. The van der Waals surface area contributed by atoms with Gasteiger partial charge in [-0.15, -0.1) is 6.42 Å². The first-order valence-corrected chi connectivity index (χ1v) is 5.01. The van der Waals surface area contributed by atoms with Crippen molar-refractivity contribution in [3.05, 3.63) is 35.4 Å². The van der Waals surface area contributed by atoms with Crippen molar-refractivity contribution in [2.24, 2.45) is 0 Å². The van der Waals surface area contributed by atoms with Gasteiger partial charge in [-0.05, 0) is 24.5 Å². The molecule has 0 bridgehead atoms. The standard InChI is InChI=1S/C13H14O2/c1-3-10-6-4-5-7-11(10)13(8-9-13)12(14)15-2/h1,4-7,12,14H,8-9H2,2H3. The van der Waals surface area contributed by atoms with Gasteiger partial charge in [-0.3, -0.25) is 0 Å². The second-order valence-electron chi connectivity index (χ2n) is 3.93. The van der Waals surface area contributed by atoms with Crippen molar-refractivity contribution in [3.8, 4) is 12.3 Å². The van der Waals surface area contributed by atoms with Gasteiger partial charge in [0.25, 0.3) is 0 Å². The highest BCUT2D eigenvalue weighted by Gasteiger charge is 2.51. The minimum absolute atomic E-state index is 0.266. The van der Waals surface area contributed by atoms with Crippen LogP contribution in [0.25, 0.3) is 0 Å². The molecule has 0 heterocycles. The van der Waals surface area contributed by atoms with E-state index in [1.54, 1.807) is 0 Å². The first kappa shape index (κ1) is 10.2. The summed E-state index contributed by atoms with van der Waals surface area (Å²) < 4.78 is 5.02. The third-order valence-corrected chi connectivity index (χ3v) is 3.10. The first-order valence-electron chi connectivity index (χ1n) is 5.01. The number of aliphatic hydroxyl groups excluding tert-OH is 1. The van der Waals surface area contributed by atoms with Crippen molar-refractivity contribution >= 4 is 0 Å². The average molecular weight is 202 g/mol. The molecule has 1 aliphatic carbocycles. The zero-order valence-electron chi connectivity index (χ0n) is 8.73. The molecule has 0 amide bonds. The normalized spacial score (nSPS) is 19.3. The molecule has 0 aromatic heterocycles. The zero-order chi connectivity index (χ0) is 10.9. The van der Waals surface area contributed by atoms with Crippen LogP contribution in [-0.4, -0.2) is 18.5 Å². The third-order valence-electron chi connectivity index (χ3n) is 3.10. The molecule has 1 atom stereocenters. The summed E-state index contributed by atoms with van der Waals surface area (Å²) in [6.45, 7) is 0. The van der Waals surface area contributed by atoms with Gasteiger partial charge in [0.2, 0.25) is 0 Å². The average Bonchev–Trinajstić information content (AvgIpc) is 3.09. The lowest BCUT2D eigenvalue weighted by Gasteiger charge is -2.22. The fourth-order valence-electron chi connectivity index (χ4n) is 2.05. The Morgan fingerprint density at radius 3 is 2.67 bits per heavy atom. The molecule has 1 N–H and O–H groups in total. The summed E-state index contributed by atoms with van der Waals surface area (Å²) in [5, 5.41) is 9.83. The lowest BCUT2D eigenvalue weighted by molar-refractivity contribution is -0.0998. The lowest BCUT2D eigenvalue weighted by Crippen LogP contribution is -2.28. The summed E-state index contributed by atoms with van der Waals surface area (Å²) in [7, 11) is 1.52. The molecular formula is C13H14O2. The molecule has 1 aliphatic rings. The van der Waals surface area contributed by atoms with Crippen LogP contribution in [0.3, 0.4) is 0 Å². The van der Waals surface area contributed by atoms with Crippen LogP contribution in [0.15, 0.2) is 24.3 Å². The van der Waals surface area contributed by atoms with Gasteiger partial charge in [-0.25, -0.2) is 0 Å². The second-order valence-corrected chi connectivity index (χ2v) is 3.93. The van der Waals surface area contributed by atoms with E-state index in [9.17, 15) is 5.11 Å². The lowest BCUT2D eigenvalue weighted by atomic mass is 9.91. The van der Waals surface area contributed by atoms with Crippen molar-refractivity contribution in [3.63, 3.8) is 0 Å². The maximum Gasteiger partial charge on any atom is 0.163 e. The van der Waals surface area contributed by atoms with Gasteiger partial charge in [0.05, 0.1) is 0 Å². The summed E-state index contributed by atoms with van der Waals surface area (Å²) in [5.41, 5.74) is 1.62. The minimum atomic E-state index is -0.757. The quantitative estimate of drug-likeness (QED) is 0.596. The third kappa shape index (κ3) is 1.54. The largest absolute Gasteiger partial charge is 0.367 e. The summed E-state index contributed by atoms with van der Waals surface area (Å²) in [6, 6.07) is 7.73. The molecule has 1 aromatic rings. The Morgan fingerprint density at radius 1 is 1.47 bits per heavy atom. The molecule has 0 radical (unpaired) electrons. The van der Waals surface area contributed by atoms with Gasteiger partial charge >= 0.3 is 0 Å². The number of benzene rings is 1. The molecule has 78 valence electrons. The summed E-state index contributed by atoms with van der Waals surface area (Å²) in [5.74, 6) is 2.65. The summed E-state index contributed by atoms with van der Waals surface area (Å²) in [4.78, 5) is 0. The van der Waals surface area contributed by atoms with E-state index >= 15 is 0 Å². The van der Waals surface area contributed by atoms with Crippen LogP contribution >= 0.6 is 0 Å². The van der Waals surface area contributed by atoms with Crippen molar-refractivity contribution in [1.82, 2.24) is 0 Å². The molecule has 15 heavy (non-hydrogen) atoms. The van der Waals surface area contributed by atoms with Gasteiger partial charge in [-0.1, -0.05) is 24.1 Å². The Hall–Kier alpha value is -1.30. The predicted octanol–water partition coefficient (Wildman–Crippen LogP) is 1.66. The SMILES string of the molecule is C#Cc1ccccc1C1(C(O)OC)CC1. The Morgan fingerprint density at radius 2 is 2.13 bits per heavy atom. The first-order chi connectivity index (χ1) is 7.24. The topological polar surface area (TPSA) is 29.5 Å². The van der Waals surface area contributed by atoms with E-state index in [1.165, 1.54) is 7.11 Å². The molecule has 2 heteroatoms. The molecule has 1 fully saturated rings. The van der Waals surface area contributed by atoms with Crippen LogP contribution in [0.4, 0.5) is 0 Å². The smallest absolute Gasteiger partial charge is 0.163 e. The van der Waals surface area contributed by atoms with Gasteiger partial charge in [0, 0.05) is 18.1 Å². The van der Waals surface area contributed by atoms with Crippen LogP contribution in [-0.2, 0) is 10.2 Å². The number of hydrogen-bond acceptors (Lipinski definition) is 2. The van der Waals surface area contributed by atoms with Gasteiger partial charge in [-0.2, -0.15) is 0 Å². The van der Waals surface area contributed by atoms with E-state index in [1.807, 2.05) is 24.3 Å². The number of aliphatic hydroxyl groups is 1. The van der Waals surface area contributed by atoms with Crippen LogP contribution in [0.5, 0.6) is 0 Å². The van der Waals surface area contributed by atoms with E-state index in [2.05, 4.69) is 5.92 Å². The van der Waals surface area contributed by atoms with Crippen molar-refractivity contribution in [1.29, 1.82) is 0 Å². The maximum atomic E-state index is 9.83. The fourth-order valence-corrected chi connectivity index (χ4v) is 2.05. The Labute approximate surface area is 89.9 Å². The summed E-state index contributed by atoms with van der Waals surface area (Å²) >= 11 is 0. The van der Waals surface area contributed by atoms with E-state index < -0.39 is 6.29 Å². The molecule has 1 unspecified atom stereocenters. The molecule has 2 nitrogen and oxygen atoms in total. The molecule has 1 aromatic carbocycles. The van der Waals surface area contributed by atoms with Crippen molar-refractivity contribution in [2.75, 3.05) is 7.11 Å². The van der Waals surface area contributed by atoms with E-state index in [4.69, 9.17) is 11.2 Å². The Kier molecular flexibility index (Phi) is 2.52. The molecule has 2 rings (SSSR count). The maximum absolute atomic E-state index is 9.83. The Bertz CT molecular complexity index is 399. The second kappa shape index (κ2) is 3.69. The van der Waals surface area contributed by atoms with Crippen LogP contribution in [0.2, 0.25) is 0 Å². The van der Waals surface area contributed by atoms with Crippen molar-refractivity contribution in [2.45, 2.75) is 24.5 Å². The fraction of sp³-hybridized carbons (Fsp3) is 0.385. The zero-order valence-corrected chi connectivity index (χ0v) is 8.73. The Balaban J connectivity index is 2.42. The van der Waals surface area contributed by atoms with Crippen LogP contribution < -0.4 is 0 Å². The number of methoxy groups -OCH3 is 1. The number of rotatable bonds is 3. The van der Waals surface area contributed by atoms with Gasteiger partial charge in [0.15, 0.2) is 6.29 Å². The number of hydrogen-bond donors (Lipinski definition) is 1. The van der Waals surface area contributed by atoms with Crippen molar-refractivity contribution < 1.29 is 9.84 Å². The molecule has 1 saturated carbocycles. The predicted molar refractivity (Wildman–Crippen MR) is 58.3 cm³/mol. The van der Waals surface area contributed by atoms with E-state index in [0.29, 0.717) is 0 Å². The minimum Gasteiger partial charge on any atom is -0.367 e. The molecule has 0 spiro atoms. The number of terminal acetylenes is 1. The van der Waals surface area contributed by atoms with Gasteiger partial charge < -0.3 is 9.84 Å². The molecule has 0 aliphatic heterocycles.